The molecule has 8 nitrogen and oxygen atoms in total. The van der Waals surface area contributed by atoms with Crippen LogP contribution in [-0.4, -0.2) is 34.6 Å². The van der Waals surface area contributed by atoms with Crippen LogP contribution in [0.25, 0.3) is 0 Å². The van der Waals surface area contributed by atoms with Crippen LogP contribution in [0.5, 0.6) is 0 Å². The summed E-state index contributed by atoms with van der Waals surface area (Å²) in [6, 6.07) is 13.6. The predicted molar refractivity (Wildman–Crippen MR) is 150 cm³/mol. The van der Waals surface area contributed by atoms with Crippen molar-refractivity contribution in [3.05, 3.63) is 65.4 Å². The van der Waals surface area contributed by atoms with Crippen molar-refractivity contribution in [2.45, 2.75) is 77.2 Å². The van der Waals surface area contributed by atoms with E-state index in [2.05, 4.69) is 34.4 Å². The Hall–Kier alpha value is -3.73. The fourth-order valence-corrected chi connectivity index (χ4v) is 4.62. The average Bonchev–Trinajstić information content (AvgIpc) is 3.39. The monoisotopic (exact) mass is 506 g/mol. The van der Waals surface area contributed by atoms with E-state index in [4.69, 9.17) is 11.5 Å². The summed E-state index contributed by atoms with van der Waals surface area (Å²) in [7, 11) is 0. The summed E-state index contributed by atoms with van der Waals surface area (Å²) in [5, 5.41) is 22.3. The number of aromatic nitrogens is 1. The highest BCUT2D eigenvalue weighted by Gasteiger charge is 2.20. The first-order valence-electron chi connectivity index (χ1n) is 13.3. The third-order valence-corrected chi connectivity index (χ3v) is 6.54. The Morgan fingerprint density at radius 1 is 1.14 bits per heavy atom. The second kappa shape index (κ2) is 16.9. The molecule has 0 spiro atoms. The minimum Gasteiger partial charge on any atom is -0.478 e. The predicted octanol–water partition coefficient (Wildman–Crippen LogP) is 5.34. The summed E-state index contributed by atoms with van der Waals surface area (Å²) >= 11 is 0. The van der Waals surface area contributed by atoms with Crippen LogP contribution in [0.15, 0.2) is 59.2 Å². The molecule has 0 aliphatic heterocycles. The standard InChI is InChI=1S/C29H42N6O2/c1-2-3-4-5-6-7-10-22(17-23-11-8-12-24(18-23)20-30)14-15-26(35-27-13-9-16-33-27)25(19-28(36)37)21-34-29(31)32/h8-9,11-13,16,18-19,22,26,33,35H,2-7,10,14-15,17,21H2,1H3,(H,36,37)(H4,31,32,34). The van der Waals surface area contributed by atoms with E-state index in [1.807, 2.05) is 36.5 Å². The lowest BCUT2D eigenvalue weighted by atomic mass is 9.86. The molecule has 37 heavy (non-hydrogen) atoms. The molecule has 2 atom stereocenters. The highest BCUT2D eigenvalue weighted by atomic mass is 16.4. The number of anilines is 1. The molecular weight excluding hydrogens is 464 g/mol. The van der Waals surface area contributed by atoms with Gasteiger partial charge in [0, 0.05) is 12.3 Å². The third-order valence-electron chi connectivity index (χ3n) is 6.54. The lowest BCUT2D eigenvalue weighted by Crippen LogP contribution is -2.28. The number of nitriles is 1. The largest absolute Gasteiger partial charge is 0.478 e. The molecule has 0 saturated carbocycles. The summed E-state index contributed by atoms with van der Waals surface area (Å²) < 4.78 is 0. The van der Waals surface area contributed by atoms with Crippen molar-refractivity contribution in [2.75, 3.05) is 11.9 Å². The van der Waals surface area contributed by atoms with Crippen molar-refractivity contribution < 1.29 is 9.90 Å². The van der Waals surface area contributed by atoms with Gasteiger partial charge in [-0.1, -0.05) is 64.0 Å². The zero-order valence-corrected chi connectivity index (χ0v) is 22.0. The van der Waals surface area contributed by atoms with Crippen molar-refractivity contribution in [3.63, 3.8) is 0 Å². The molecule has 7 N–H and O–H groups in total. The number of nitrogens with one attached hydrogen (secondary N) is 2. The Labute approximate surface area is 220 Å². The first kappa shape index (κ1) is 29.5. The summed E-state index contributed by atoms with van der Waals surface area (Å²) in [6.07, 6.45) is 14.0. The van der Waals surface area contributed by atoms with Gasteiger partial charge in [0.05, 0.1) is 24.2 Å². The Bertz CT molecular complexity index is 1030. The number of guanidine groups is 1. The van der Waals surface area contributed by atoms with E-state index in [1.165, 1.54) is 38.2 Å². The van der Waals surface area contributed by atoms with E-state index < -0.39 is 5.97 Å². The van der Waals surface area contributed by atoms with Crippen LogP contribution in [0.2, 0.25) is 0 Å². The van der Waals surface area contributed by atoms with Gasteiger partial charge >= 0.3 is 5.97 Å². The SMILES string of the molecule is CCCCCCCCC(CCC(Nc1ccc[nH]1)C(=CC(=O)O)CN=C(N)N)Cc1cccc(C#N)c1. The Morgan fingerprint density at radius 2 is 1.92 bits per heavy atom. The number of aliphatic imine (C=N–C) groups is 1. The molecule has 2 unspecified atom stereocenters. The van der Waals surface area contributed by atoms with E-state index in [9.17, 15) is 15.2 Å². The number of aromatic amines is 1. The molecule has 1 aromatic heterocycles. The smallest absolute Gasteiger partial charge is 0.328 e. The summed E-state index contributed by atoms with van der Waals surface area (Å²) in [5.74, 6) is 0.103. The van der Waals surface area contributed by atoms with E-state index >= 15 is 0 Å². The summed E-state index contributed by atoms with van der Waals surface area (Å²) in [6.45, 7) is 2.34. The summed E-state index contributed by atoms with van der Waals surface area (Å²) in [4.78, 5) is 18.8. The molecule has 0 amide bonds. The number of carbonyl (C=O) groups is 1. The normalized spacial score (nSPS) is 12.9. The fraction of sp³-hybridized carbons (Fsp3) is 0.483. The summed E-state index contributed by atoms with van der Waals surface area (Å²) in [5.41, 5.74) is 13.5. The zero-order chi connectivity index (χ0) is 26.9. The topological polar surface area (TPSA) is 153 Å². The first-order valence-corrected chi connectivity index (χ1v) is 13.3. The van der Waals surface area contributed by atoms with Gasteiger partial charge in [0.15, 0.2) is 5.96 Å². The van der Waals surface area contributed by atoms with Gasteiger partial charge in [-0.05, 0) is 60.6 Å². The molecule has 8 heteroatoms. The molecule has 0 bridgehead atoms. The van der Waals surface area contributed by atoms with Crippen LogP contribution in [0.3, 0.4) is 0 Å². The molecule has 2 rings (SSSR count). The van der Waals surface area contributed by atoms with Crippen LogP contribution in [0.1, 0.15) is 75.8 Å². The maximum atomic E-state index is 11.6. The highest BCUT2D eigenvalue weighted by molar-refractivity contribution is 5.81. The third kappa shape index (κ3) is 12.2. The second-order valence-corrected chi connectivity index (χ2v) is 9.60. The number of hydrogen-bond acceptors (Lipinski definition) is 4. The average molecular weight is 507 g/mol. The minimum atomic E-state index is -1.03. The van der Waals surface area contributed by atoms with Gasteiger partial charge in [0.2, 0.25) is 0 Å². The highest BCUT2D eigenvalue weighted by Crippen LogP contribution is 2.25. The zero-order valence-electron chi connectivity index (χ0n) is 22.0. The lowest BCUT2D eigenvalue weighted by molar-refractivity contribution is -0.131. The molecule has 2 aromatic rings. The van der Waals surface area contributed by atoms with Crippen LogP contribution >= 0.6 is 0 Å². The molecular formula is C29H42N6O2. The number of hydrogen-bond donors (Lipinski definition) is 5. The number of aliphatic carboxylic acids is 1. The number of benzene rings is 1. The van der Waals surface area contributed by atoms with Crippen LogP contribution in [-0.2, 0) is 11.2 Å². The molecule has 0 fully saturated rings. The van der Waals surface area contributed by atoms with Crippen molar-refractivity contribution in [1.82, 2.24) is 4.98 Å². The van der Waals surface area contributed by atoms with Gasteiger partial charge in [-0.2, -0.15) is 5.26 Å². The molecule has 0 aliphatic carbocycles. The second-order valence-electron chi connectivity index (χ2n) is 9.60. The van der Waals surface area contributed by atoms with Crippen LogP contribution < -0.4 is 16.8 Å². The number of rotatable bonds is 18. The fourth-order valence-electron chi connectivity index (χ4n) is 4.62. The minimum absolute atomic E-state index is 0.0757. The van der Waals surface area contributed by atoms with Gasteiger partial charge in [-0.15, -0.1) is 0 Å². The number of nitrogens with zero attached hydrogens (tertiary/aromatic N) is 2. The van der Waals surface area contributed by atoms with E-state index in [0.29, 0.717) is 17.1 Å². The van der Waals surface area contributed by atoms with Crippen molar-refractivity contribution in [3.8, 4) is 6.07 Å². The number of carboxylic acid groups (broad SMARTS) is 1. The van der Waals surface area contributed by atoms with E-state index in [-0.39, 0.29) is 18.5 Å². The van der Waals surface area contributed by atoms with Gasteiger partial charge in [-0.3, -0.25) is 0 Å². The van der Waals surface area contributed by atoms with E-state index in [0.717, 1.165) is 43.5 Å². The number of nitrogens with two attached hydrogens (primary N) is 2. The molecule has 1 heterocycles. The van der Waals surface area contributed by atoms with Crippen molar-refractivity contribution in [1.29, 1.82) is 5.26 Å². The molecule has 0 saturated heterocycles. The number of unbranched alkanes of at least 4 members (excludes halogenated alkanes) is 5. The molecule has 0 aliphatic rings. The van der Waals surface area contributed by atoms with Crippen LogP contribution in [0.4, 0.5) is 5.82 Å². The van der Waals surface area contributed by atoms with Gasteiger partial charge in [0.1, 0.15) is 5.82 Å². The maximum Gasteiger partial charge on any atom is 0.328 e. The lowest BCUT2D eigenvalue weighted by Gasteiger charge is -2.25. The van der Waals surface area contributed by atoms with Crippen molar-refractivity contribution >= 4 is 17.7 Å². The Balaban J connectivity index is 2.18. The Kier molecular flexibility index (Phi) is 13.4. The van der Waals surface area contributed by atoms with Crippen LogP contribution in [0, 0.1) is 17.2 Å². The van der Waals surface area contributed by atoms with Gasteiger partial charge in [0.25, 0.3) is 0 Å². The molecule has 0 radical (unpaired) electrons. The maximum absolute atomic E-state index is 11.6. The van der Waals surface area contributed by atoms with E-state index in [1.54, 1.807) is 0 Å². The Morgan fingerprint density at radius 3 is 2.59 bits per heavy atom. The molecule has 200 valence electrons. The van der Waals surface area contributed by atoms with Gasteiger partial charge < -0.3 is 26.9 Å². The molecule has 1 aromatic carbocycles. The number of H-pyrrole nitrogens is 1. The first-order chi connectivity index (χ1) is 17.9. The van der Waals surface area contributed by atoms with Crippen molar-refractivity contribution in [2.24, 2.45) is 22.4 Å². The number of carboxylic acids is 1. The quantitative estimate of drug-likeness (QED) is 0.0796. The van der Waals surface area contributed by atoms with Gasteiger partial charge in [-0.25, -0.2) is 9.79 Å².